The molecular weight excluding hydrogens is 240 g/mol. The zero-order valence-corrected chi connectivity index (χ0v) is 10.6. The number of pyridine rings is 1. The van der Waals surface area contributed by atoms with Crippen LogP contribution in [0.25, 0.3) is 22.4 Å². The van der Waals surface area contributed by atoms with Crippen molar-refractivity contribution in [3.8, 4) is 11.4 Å². The lowest BCUT2D eigenvalue weighted by Crippen LogP contribution is -2.03. The number of nitrogens with one attached hydrogen (secondary N) is 1. The standard InChI is InChI=1S/C14H14N4O/c1-18-12-6-9(7-15)2-4-11(12)17-14(18)10-3-5-13(19)16-8-10/h2-6,8H,7,15H2,1H3,(H,16,19). The Labute approximate surface area is 109 Å². The molecule has 0 saturated heterocycles. The minimum atomic E-state index is -0.118. The maximum atomic E-state index is 11.1. The quantitative estimate of drug-likeness (QED) is 0.725. The van der Waals surface area contributed by atoms with E-state index in [4.69, 9.17) is 5.73 Å². The van der Waals surface area contributed by atoms with Crippen LogP contribution in [0.2, 0.25) is 0 Å². The van der Waals surface area contributed by atoms with Gasteiger partial charge in [-0.3, -0.25) is 4.79 Å². The fraction of sp³-hybridized carbons (Fsp3) is 0.143. The van der Waals surface area contributed by atoms with Gasteiger partial charge in [-0.05, 0) is 23.8 Å². The molecule has 0 atom stereocenters. The molecule has 0 radical (unpaired) electrons. The van der Waals surface area contributed by atoms with Crippen LogP contribution in [0.3, 0.4) is 0 Å². The van der Waals surface area contributed by atoms with Crippen molar-refractivity contribution < 1.29 is 0 Å². The first kappa shape index (κ1) is 11.7. The van der Waals surface area contributed by atoms with Gasteiger partial charge in [0.25, 0.3) is 0 Å². The molecule has 0 saturated carbocycles. The highest BCUT2D eigenvalue weighted by molar-refractivity contribution is 5.81. The average Bonchev–Trinajstić information content (AvgIpc) is 2.76. The fourth-order valence-electron chi connectivity index (χ4n) is 2.17. The predicted octanol–water partition coefficient (Wildman–Crippen LogP) is 1.39. The van der Waals surface area contributed by atoms with Gasteiger partial charge >= 0.3 is 0 Å². The zero-order valence-electron chi connectivity index (χ0n) is 10.6. The molecule has 96 valence electrons. The molecule has 3 aromatic rings. The van der Waals surface area contributed by atoms with E-state index in [1.165, 1.54) is 6.07 Å². The van der Waals surface area contributed by atoms with Crippen LogP contribution in [0.4, 0.5) is 0 Å². The molecule has 0 spiro atoms. The predicted molar refractivity (Wildman–Crippen MR) is 74.7 cm³/mol. The maximum absolute atomic E-state index is 11.1. The Bertz CT molecular complexity index is 780. The maximum Gasteiger partial charge on any atom is 0.247 e. The van der Waals surface area contributed by atoms with Crippen LogP contribution in [-0.2, 0) is 13.6 Å². The van der Waals surface area contributed by atoms with Crippen molar-refractivity contribution in [2.24, 2.45) is 12.8 Å². The number of hydrogen-bond acceptors (Lipinski definition) is 3. The molecule has 5 nitrogen and oxygen atoms in total. The number of aryl methyl sites for hydroxylation is 1. The van der Waals surface area contributed by atoms with Crippen molar-refractivity contribution in [3.05, 3.63) is 52.4 Å². The van der Waals surface area contributed by atoms with Crippen LogP contribution in [0.5, 0.6) is 0 Å². The van der Waals surface area contributed by atoms with Crippen LogP contribution >= 0.6 is 0 Å². The molecule has 0 amide bonds. The molecule has 0 fully saturated rings. The van der Waals surface area contributed by atoms with Gasteiger partial charge in [0.05, 0.1) is 11.0 Å². The summed E-state index contributed by atoms with van der Waals surface area (Å²) in [5.74, 6) is 0.820. The van der Waals surface area contributed by atoms with Crippen LogP contribution in [-0.4, -0.2) is 14.5 Å². The summed E-state index contributed by atoms with van der Waals surface area (Å²) in [7, 11) is 1.95. The second-order valence-corrected chi connectivity index (χ2v) is 4.46. The highest BCUT2D eigenvalue weighted by Gasteiger charge is 2.10. The van der Waals surface area contributed by atoms with Crippen LogP contribution in [0.15, 0.2) is 41.3 Å². The molecule has 3 N–H and O–H groups in total. The number of nitrogens with zero attached hydrogens (tertiary/aromatic N) is 2. The Morgan fingerprint density at radius 3 is 2.84 bits per heavy atom. The van der Waals surface area contributed by atoms with Crippen LogP contribution in [0.1, 0.15) is 5.56 Å². The summed E-state index contributed by atoms with van der Waals surface area (Å²) in [6.45, 7) is 0.509. The lowest BCUT2D eigenvalue weighted by molar-refractivity contribution is 0.954. The Morgan fingerprint density at radius 2 is 2.16 bits per heavy atom. The van der Waals surface area contributed by atoms with Crippen LogP contribution < -0.4 is 11.3 Å². The van der Waals surface area contributed by atoms with Crippen molar-refractivity contribution in [2.45, 2.75) is 6.54 Å². The monoisotopic (exact) mass is 254 g/mol. The molecule has 0 bridgehead atoms. The molecule has 2 heterocycles. The molecule has 0 aliphatic carbocycles. The molecule has 19 heavy (non-hydrogen) atoms. The van der Waals surface area contributed by atoms with Crippen molar-refractivity contribution >= 4 is 11.0 Å². The largest absolute Gasteiger partial charge is 0.328 e. The van der Waals surface area contributed by atoms with Gasteiger partial charge in [-0.1, -0.05) is 6.07 Å². The molecule has 3 rings (SSSR count). The highest BCUT2D eigenvalue weighted by atomic mass is 16.1. The SMILES string of the molecule is Cn1c(-c2ccc(=O)[nH]c2)nc2ccc(CN)cc21. The number of fused-ring (bicyclic) bond motifs is 1. The van der Waals surface area contributed by atoms with Gasteiger partial charge in [-0.2, -0.15) is 0 Å². The number of benzene rings is 1. The Kier molecular flexibility index (Phi) is 2.68. The molecule has 0 unspecified atom stereocenters. The lowest BCUT2D eigenvalue weighted by Gasteiger charge is -2.02. The molecule has 0 aliphatic heterocycles. The van der Waals surface area contributed by atoms with E-state index in [0.29, 0.717) is 6.54 Å². The Hall–Kier alpha value is -2.40. The second kappa shape index (κ2) is 4.37. The Balaban J connectivity index is 2.22. The number of imidazole rings is 1. The zero-order chi connectivity index (χ0) is 13.4. The third-order valence-electron chi connectivity index (χ3n) is 3.22. The van der Waals surface area contributed by atoms with Gasteiger partial charge in [-0.15, -0.1) is 0 Å². The smallest absolute Gasteiger partial charge is 0.247 e. The van der Waals surface area contributed by atoms with Gasteiger partial charge in [-0.25, -0.2) is 4.98 Å². The van der Waals surface area contributed by atoms with Gasteiger partial charge in [0.2, 0.25) is 5.56 Å². The van der Waals surface area contributed by atoms with Crippen molar-refractivity contribution in [2.75, 3.05) is 0 Å². The number of aromatic amines is 1. The van der Waals surface area contributed by atoms with E-state index in [2.05, 4.69) is 9.97 Å². The van der Waals surface area contributed by atoms with E-state index in [1.54, 1.807) is 12.3 Å². The molecular formula is C14H14N4O. The first-order valence-corrected chi connectivity index (χ1v) is 6.03. The van der Waals surface area contributed by atoms with Gasteiger partial charge in [0.15, 0.2) is 0 Å². The van der Waals surface area contributed by atoms with Gasteiger partial charge in [0, 0.05) is 31.4 Å². The number of H-pyrrole nitrogens is 1. The van der Waals surface area contributed by atoms with E-state index in [9.17, 15) is 4.79 Å². The summed E-state index contributed by atoms with van der Waals surface area (Å²) in [6.07, 6.45) is 1.67. The third kappa shape index (κ3) is 1.94. The minimum Gasteiger partial charge on any atom is -0.328 e. The van der Waals surface area contributed by atoms with Gasteiger partial charge < -0.3 is 15.3 Å². The first-order valence-electron chi connectivity index (χ1n) is 6.03. The fourth-order valence-corrected chi connectivity index (χ4v) is 2.17. The lowest BCUT2D eigenvalue weighted by atomic mass is 10.2. The van der Waals surface area contributed by atoms with Gasteiger partial charge in [0.1, 0.15) is 5.82 Å². The topological polar surface area (TPSA) is 76.7 Å². The third-order valence-corrected chi connectivity index (χ3v) is 3.22. The summed E-state index contributed by atoms with van der Waals surface area (Å²) in [4.78, 5) is 18.3. The minimum absolute atomic E-state index is 0.118. The molecule has 1 aromatic carbocycles. The normalized spacial score (nSPS) is 11.1. The van der Waals surface area contributed by atoms with Crippen molar-refractivity contribution in [3.63, 3.8) is 0 Å². The molecule has 0 aliphatic rings. The van der Waals surface area contributed by atoms with Crippen LogP contribution in [0, 0.1) is 0 Å². The highest BCUT2D eigenvalue weighted by Crippen LogP contribution is 2.23. The van der Waals surface area contributed by atoms with Crippen molar-refractivity contribution in [1.29, 1.82) is 0 Å². The van der Waals surface area contributed by atoms with Crippen molar-refractivity contribution in [1.82, 2.24) is 14.5 Å². The van der Waals surface area contributed by atoms with E-state index in [0.717, 1.165) is 28.0 Å². The van der Waals surface area contributed by atoms with E-state index in [-0.39, 0.29) is 5.56 Å². The second-order valence-electron chi connectivity index (χ2n) is 4.46. The summed E-state index contributed by atoms with van der Waals surface area (Å²) in [5.41, 5.74) is 9.44. The summed E-state index contributed by atoms with van der Waals surface area (Å²) < 4.78 is 2.00. The van der Waals surface area contributed by atoms with E-state index < -0.39 is 0 Å². The summed E-state index contributed by atoms with van der Waals surface area (Å²) in [6, 6.07) is 9.25. The van der Waals surface area contributed by atoms with E-state index in [1.807, 2.05) is 29.8 Å². The number of nitrogens with two attached hydrogens (primary N) is 1. The number of rotatable bonds is 2. The first-order chi connectivity index (χ1) is 9.19. The average molecular weight is 254 g/mol. The summed E-state index contributed by atoms with van der Waals surface area (Å²) in [5, 5.41) is 0. The molecule has 2 aromatic heterocycles. The summed E-state index contributed by atoms with van der Waals surface area (Å²) >= 11 is 0. The Morgan fingerprint density at radius 1 is 1.32 bits per heavy atom. The number of aromatic nitrogens is 3. The van der Waals surface area contributed by atoms with E-state index >= 15 is 0 Å². The molecule has 5 heteroatoms. The number of hydrogen-bond donors (Lipinski definition) is 2.